The van der Waals surface area contributed by atoms with E-state index in [1.54, 1.807) is 29.2 Å². The summed E-state index contributed by atoms with van der Waals surface area (Å²) in [5, 5.41) is 11.0. The molecular formula is C17H13N5OS. The van der Waals surface area contributed by atoms with Crippen molar-refractivity contribution in [3.05, 3.63) is 75.1 Å². The summed E-state index contributed by atoms with van der Waals surface area (Å²) in [6, 6.07) is 13.5. The second-order valence-electron chi connectivity index (χ2n) is 5.17. The van der Waals surface area contributed by atoms with Crippen LogP contribution in [0.2, 0.25) is 0 Å². The van der Waals surface area contributed by atoms with E-state index in [1.165, 1.54) is 10.9 Å². The molecule has 24 heavy (non-hydrogen) atoms. The molecule has 1 aromatic carbocycles. The largest absolute Gasteiger partial charge is 0.285 e. The van der Waals surface area contributed by atoms with Gasteiger partial charge in [-0.2, -0.15) is 14.9 Å². The maximum Gasteiger partial charge on any atom is 0.285 e. The summed E-state index contributed by atoms with van der Waals surface area (Å²) in [7, 11) is 0. The van der Waals surface area contributed by atoms with E-state index in [2.05, 4.69) is 15.2 Å². The zero-order chi connectivity index (χ0) is 16.5. The average Bonchev–Trinajstić information content (AvgIpc) is 3.25. The molecule has 0 saturated heterocycles. The molecule has 6 nitrogen and oxygen atoms in total. The zero-order valence-corrected chi connectivity index (χ0v) is 13.6. The van der Waals surface area contributed by atoms with Crippen LogP contribution >= 0.6 is 11.3 Å². The Bertz CT molecular complexity index is 1080. The van der Waals surface area contributed by atoms with Gasteiger partial charge in [0.25, 0.3) is 5.56 Å². The van der Waals surface area contributed by atoms with Gasteiger partial charge in [0.1, 0.15) is 11.2 Å². The Morgan fingerprint density at radius 1 is 1.17 bits per heavy atom. The summed E-state index contributed by atoms with van der Waals surface area (Å²) in [5.74, 6) is 0.512. The maximum atomic E-state index is 12.7. The third-order valence-electron chi connectivity index (χ3n) is 3.59. The van der Waals surface area contributed by atoms with Gasteiger partial charge in [-0.05, 0) is 30.5 Å². The third kappa shape index (κ3) is 2.44. The summed E-state index contributed by atoms with van der Waals surface area (Å²) in [5.41, 5.74) is 1.16. The van der Waals surface area contributed by atoms with Crippen molar-refractivity contribution in [2.24, 2.45) is 5.10 Å². The molecule has 0 aliphatic rings. The smallest absolute Gasteiger partial charge is 0.266 e. The van der Waals surface area contributed by atoms with Crippen molar-refractivity contribution in [2.45, 2.75) is 6.92 Å². The Morgan fingerprint density at radius 3 is 2.75 bits per heavy atom. The van der Waals surface area contributed by atoms with Crippen LogP contribution in [0, 0.1) is 6.92 Å². The number of nitrogens with zero attached hydrogens (tertiary/aromatic N) is 5. The Labute approximate surface area is 141 Å². The monoisotopic (exact) mass is 335 g/mol. The molecule has 0 atom stereocenters. The van der Waals surface area contributed by atoms with E-state index >= 15 is 0 Å². The Hall–Kier alpha value is -3.06. The van der Waals surface area contributed by atoms with Gasteiger partial charge in [0, 0.05) is 4.88 Å². The molecule has 3 aromatic heterocycles. The van der Waals surface area contributed by atoms with Crippen LogP contribution in [0.1, 0.15) is 10.7 Å². The highest BCUT2D eigenvalue weighted by molar-refractivity contribution is 7.11. The van der Waals surface area contributed by atoms with Crippen molar-refractivity contribution in [3.8, 4) is 5.69 Å². The molecule has 7 heteroatoms. The van der Waals surface area contributed by atoms with E-state index in [1.807, 2.05) is 47.8 Å². The number of hydrogen-bond donors (Lipinski definition) is 0. The van der Waals surface area contributed by atoms with Crippen LogP contribution in [-0.4, -0.2) is 25.7 Å². The van der Waals surface area contributed by atoms with Crippen LogP contribution in [-0.2, 0) is 0 Å². The maximum absolute atomic E-state index is 12.7. The summed E-state index contributed by atoms with van der Waals surface area (Å²) >= 11 is 1.56. The van der Waals surface area contributed by atoms with Crippen LogP contribution in [0.25, 0.3) is 16.7 Å². The first kappa shape index (κ1) is 14.5. The highest BCUT2D eigenvalue weighted by Crippen LogP contribution is 2.14. The van der Waals surface area contributed by atoms with Crippen LogP contribution in [0.3, 0.4) is 0 Å². The standard InChI is InChI=1S/C17H13N5OS/c1-12-20-16-15(11-19-22(16)13-6-3-2-4-7-13)17(23)21(12)18-10-14-8-5-9-24-14/h2-11H,1H3. The molecule has 0 unspecified atom stereocenters. The number of hydrogen-bond acceptors (Lipinski definition) is 5. The molecule has 4 aromatic rings. The van der Waals surface area contributed by atoms with Crippen LogP contribution in [0.15, 0.2) is 63.9 Å². The summed E-state index contributed by atoms with van der Waals surface area (Å²) in [6.07, 6.45) is 3.20. The van der Waals surface area contributed by atoms with Gasteiger partial charge in [0.05, 0.1) is 18.1 Å². The molecule has 0 aliphatic carbocycles. The number of aromatic nitrogens is 4. The van der Waals surface area contributed by atoms with Gasteiger partial charge in [0.15, 0.2) is 5.65 Å². The lowest BCUT2D eigenvalue weighted by Gasteiger charge is -2.05. The summed E-state index contributed by atoms with van der Waals surface area (Å²) in [6.45, 7) is 1.76. The molecule has 118 valence electrons. The minimum atomic E-state index is -0.229. The van der Waals surface area contributed by atoms with E-state index in [-0.39, 0.29) is 5.56 Å². The predicted octanol–water partition coefficient (Wildman–Crippen LogP) is 2.83. The van der Waals surface area contributed by atoms with E-state index in [4.69, 9.17) is 0 Å². The van der Waals surface area contributed by atoms with Gasteiger partial charge < -0.3 is 0 Å². The number of benzene rings is 1. The van der Waals surface area contributed by atoms with E-state index in [9.17, 15) is 4.79 Å². The average molecular weight is 335 g/mol. The molecule has 0 radical (unpaired) electrons. The second-order valence-corrected chi connectivity index (χ2v) is 6.14. The molecule has 4 rings (SSSR count). The van der Waals surface area contributed by atoms with Crippen LogP contribution in [0.4, 0.5) is 0 Å². The van der Waals surface area contributed by atoms with Crippen molar-refractivity contribution < 1.29 is 0 Å². The quantitative estimate of drug-likeness (QED) is 0.541. The number of rotatable bonds is 3. The zero-order valence-electron chi connectivity index (χ0n) is 12.8. The first-order chi connectivity index (χ1) is 11.7. The molecule has 3 heterocycles. The van der Waals surface area contributed by atoms with Crippen molar-refractivity contribution in [1.29, 1.82) is 0 Å². The summed E-state index contributed by atoms with van der Waals surface area (Å²) in [4.78, 5) is 18.2. The molecule has 0 bridgehead atoms. The van der Waals surface area contributed by atoms with Crippen LogP contribution < -0.4 is 5.56 Å². The topological polar surface area (TPSA) is 65.1 Å². The normalized spacial score (nSPS) is 11.5. The number of thiophene rings is 1. The molecule has 0 N–H and O–H groups in total. The van der Waals surface area contributed by atoms with Crippen molar-refractivity contribution in [1.82, 2.24) is 19.4 Å². The van der Waals surface area contributed by atoms with Crippen molar-refractivity contribution in [2.75, 3.05) is 0 Å². The SMILES string of the molecule is Cc1nc2c(cnn2-c2ccccc2)c(=O)n1N=Cc1cccs1. The number of aryl methyl sites for hydroxylation is 1. The Morgan fingerprint density at radius 2 is 2.00 bits per heavy atom. The van der Waals surface area contributed by atoms with Gasteiger partial charge >= 0.3 is 0 Å². The first-order valence-corrected chi connectivity index (χ1v) is 8.23. The fourth-order valence-electron chi connectivity index (χ4n) is 2.44. The first-order valence-electron chi connectivity index (χ1n) is 7.35. The molecule has 0 spiro atoms. The minimum absolute atomic E-state index is 0.229. The van der Waals surface area contributed by atoms with E-state index < -0.39 is 0 Å². The lowest BCUT2D eigenvalue weighted by atomic mass is 10.3. The van der Waals surface area contributed by atoms with Gasteiger partial charge in [-0.15, -0.1) is 11.3 Å². The summed E-state index contributed by atoms with van der Waals surface area (Å²) < 4.78 is 2.97. The van der Waals surface area contributed by atoms with Crippen molar-refractivity contribution >= 4 is 28.6 Å². The Kier molecular flexibility index (Phi) is 3.55. The van der Waals surface area contributed by atoms with Gasteiger partial charge in [-0.3, -0.25) is 4.79 Å². The molecular weight excluding hydrogens is 322 g/mol. The molecule has 0 aliphatic heterocycles. The highest BCUT2D eigenvalue weighted by Gasteiger charge is 2.13. The third-order valence-corrected chi connectivity index (χ3v) is 4.39. The van der Waals surface area contributed by atoms with E-state index in [0.717, 1.165) is 10.6 Å². The molecule has 0 saturated carbocycles. The van der Waals surface area contributed by atoms with E-state index in [0.29, 0.717) is 16.9 Å². The fourth-order valence-corrected chi connectivity index (χ4v) is 3.02. The van der Waals surface area contributed by atoms with Crippen LogP contribution in [0.5, 0.6) is 0 Å². The minimum Gasteiger partial charge on any atom is -0.266 e. The molecule has 0 fully saturated rings. The lowest BCUT2D eigenvalue weighted by Crippen LogP contribution is -2.20. The van der Waals surface area contributed by atoms with Gasteiger partial charge in [-0.25, -0.2) is 9.67 Å². The predicted molar refractivity (Wildman–Crippen MR) is 95.2 cm³/mol. The van der Waals surface area contributed by atoms with Crippen molar-refractivity contribution in [3.63, 3.8) is 0 Å². The molecule has 0 amide bonds. The highest BCUT2D eigenvalue weighted by atomic mass is 32.1. The number of fused-ring (bicyclic) bond motifs is 1. The van der Waals surface area contributed by atoms with Gasteiger partial charge in [0.2, 0.25) is 0 Å². The number of para-hydroxylation sites is 1. The second kappa shape index (κ2) is 5.86. The fraction of sp³-hybridized carbons (Fsp3) is 0.0588. The Balaban J connectivity index is 1.86. The lowest BCUT2D eigenvalue weighted by molar-refractivity contribution is 0.765. The van der Waals surface area contributed by atoms with Gasteiger partial charge in [-0.1, -0.05) is 24.3 Å².